The van der Waals surface area contributed by atoms with E-state index in [1.54, 1.807) is 0 Å². The number of fused-ring (bicyclic) bond motifs is 1. The van der Waals surface area contributed by atoms with Gasteiger partial charge in [0.25, 0.3) is 0 Å². The minimum absolute atomic E-state index is 0.943. The Labute approximate surface area is 79.7 Å². The molecule has 67 valence electrons. The molecule has 1 aromatic rings. The van der Waals surface area contributed by atoms with Crippen LogP contribution in [-0.4, -0.2) is 6.54 Å². The summed E-state index contributed by atoms with van der Waals surface area (Å²) < 4.78 is 0. The molecule has 1 nitrogen and oxygen atoms in total. The number of nitrogens with zero attached hydrogens (tertiary/aromatic N) is 1. The van der Waals surface area contributed by atoms with Crippen molar-refractivity contribution in [2.75, 3.05) is 11.4 Å². The average Bonchev–Trinajstić information content (AvgIpc) is 2.19. The highest BCUT2D eigenvalue weighted by atomic mass is 15.1. The minimum Gasteiger partial charge on any atom is -0.348 e. The van der Waals surface area contributed by atoms with Crippen LogP contribution in [0.2, 0.25) is 0 Å². The van der Waals surface area contributed by atoms with Gasteiger partial charge < -0.3 is 4.90 Å². The van der Waals surface area contributed by atoms with E-state index in [0.29, 0.717) is 0 Å². The zero-order valence-corrected chi connectivity index (χ0v) is 7.74. The van der Waals surface area contributed by atoms with E-state index in [2.05, 4.69) is 48.4 Å². The highest BCUT2D eigenvalue weighted by Gasteiger charge is 2.09. The maximum atomic E-state index is 3.88. The summed E-state index contributed by atoms with van der Waals surface area (Å²) >= 11 is 0. The molecule has 0 aromatic heterocycles. The summed E-state index contributed by atoms with van der Waals surface area (Å²) in [6.45, 7) is 4.88. The molecule has 0 spiro atoms. The van der Waals surface area contributed by atoms with Crippen LogP contribution >= 0.6 is 0 Å². The van der Waals surface area contributed by atoms with Crippen molar-refractivity contribution >= 4 is 5.69 Å². The predicted molar refractivity (Wildman–Crippen MR) is 56.6 cm³/mol. The van der Waals surface area contributed by atoms with E-state index in [1.165, 1.54) is 11.3 Å². The van der Waals surface area contributed by atoms with Crippen LogP contribution in [-0.2, 0) is 6.42 Å². The van der Waals surface area contributed by atoms with Gasteiger partial charge in [-0.1, -0.05) is 31.2 Å². The van der Waals surface area contributed by atoms with Crippen LogP contribution in [0.25, 0.3) is 0 Å². The first kappa shape index (κ1) is 8.36. The van der Waals surface area contributed by atoms with E-state index in [0.717, 1.165) is 19.4 Å². The first-order valence-corrected chi connectivity index (χ1v) is 4.72. The Kier molecular flexibility index (Phi) is 2.35. The van der Waals surface area contributed by atoms with Gasteiger partial charge in [0.05, 0.1) is 0 Å². The van der Waals surface area contributed by atoms with Gasteiger partial charge >= 0.3 is 0 Å². The molecule has 0 saturated carbocycles. The van der Waals surface area contributed by atoms with E-state index >= 15 is 0 Å². The van der Waals surface area contributed by atoms with Crippen LogP contribution in [0.3, 0.4) is 0 Å². The Morgan fingerprint density at radius 2 is 2.15 bits per heavy atom. The molecule has 13 heavy (non-hydrogen) atoms. The van der Waals surface area contributed by atoms with E-state index in [4.69, 9.17) is 0 Å². The van der Waals surface area contributed by atoms with Crippen LogP contribution < -0.4 is 4.90 Å². The maximum Gasteiger partial charge on any atom is 0.0441 e. The summed E-state index contributed by atoms with van der Waals surface area (Å²) in [6.07, 6.45) is 6.37. The van der Waals surface area contributed by atoms with Crippen molar-refractivity contribution in [3.8, 4) is 0 Å². The molecule has 1 aliphatic rings. The fourth-order valence-corrected chi connectivity index (χ4v) is 1.72. The molecular weight excluding hydrogens is 158 g/mol. The Balaban J connectivity index is 2.31. The van der Waals surface area contributed by atoms with Gasteiger partial charge in [-0.15, -0.1) is 0 Å². The normalized spacial score (nSPS) is 14.4. The third-order valence-corrected chi connectivity index (χ3v) is 2.32. The van der Waals surface area contributed by atoms with Gasteiger partial charge in [-0.3, -0.25) is 0 Å². The zero-order chi connectivity index (χ0) is 9.10. The second-order valence-corrected chi connectivity index (χ2v) is 3.26. The second kappa shape index (κ2) is 3.65. The molecule has 0 unspecified atom stereocenters. The summed E-state index contributed by atoms with van der Waals surface area (Å²) in [7, 11) is 0. The predicted octanol–water partition coefficient (Wildman–Crippen LogP) is 2.79. The molecule has 1 heterocycles. The standard InChI is InChI=1S/C12H14N/c1-2-9-13-10-5-7-11-6-3-4-8-12(11)13/h3-6,8,10H,1-2,7,9H2. The van der Waals surface area contributed by atoms with E-state index < -0.39 is 0 Å². The van der Waals surface area contributed by atoms with Crippen molar-refractivity contribution in [1.29, 1.82) is 0 Å². The number of hydrogen-bond acceptors (Lipinski definition) is 1. The lowest BCUT2D eigenvalue weighted by Crippen LogP contribution is -2.20. The zero-order valence-electron chi connectivity index (χ0n) is 7.74. The molecular formula is C12H14N. The number of allylic oxidation sites excluding steroid dienone is 1. The summed E-state index contributed by atoms with van der Waals surface area (Å²) in [5, 5.41) is 0. The molecule has 0 fully saturated rings. The molecule has 1 heteroatoms. The highest BCUT2D eigenvalue weighted by molar-refractivity contribution is 5.58. The van der Waals surface area contributed by atoms with Crippen molar-refractivity contribution in [3.63, 3.8) is 0 Å². The number of benzene rings is 1. The largest absolute Gasteiger partial charge is 0.348 e. The van der Waals surface area contributed by atoms with Crippen molar-refractivity contribution < 1.29 is 0 Å². The highest BCUT2D eigenvalue weighted by Crippen LogP contribution is 2.25. The molecule has 1 aromatic carbocycles. The number of hydrogen-bond donors (Lipinski definition) is 0. The Morgan fingerprint density at radius 3 is 3.00 bits per heavy atom. The maximum absolute atomic E-state index is 3.88. The van der Waals surface area contributed by atoms with Gasteiger partial charge in [-0.2, -0.15) is 0 Å². The summed E-state index contributed by atoms with van der Waals surface area (Å²) in [5.74, 6) is 0. The Morgan fingerprint density at radius 1 is 1.31 bits per heavy atom. The van der Waals surface area contributed by atoms with Gasteiger partial charge in [0.1, 0.15) is 0 Å². The van der Waals surface area contributed by atoms with Gasteiger partial charge in [0.2, 0.25) is 0 Å². The van der Waals surface area contributed by atoms with Gasteiger partial charge in [-0.05, 0) is 24.5 Å². The average molecular weight is 172 g/mol. The summed E-state index contributed by atoms with van der Waals surface area (Å²) in [5.41, 5.74) is 2.76. The van der Waals surface area contributed by atoms with E-state index in [9.17, 15) is 0 Å². The van der Waals surface area contributed by atoms with Crippen LogP contribution in [0.1, 0.15) is 12.0 Å². The smallest absolute Gasteiger partial charge is 0.0441 e. The lowest BCUT2D eigenvalue weighted by atomic mass is 10.1. The summed E-state index contributed by atoms with van der Waals surface area (Å²) in [4.78, 5) is 2.27. The number of para-hydroxylation sites is 1. The van der Waals surface area contributed by atoms with Crippen LogP contribution in [0.4, 0.5) is 5.69 Å². The van der Waals surface area contributed by atoms with Crippen LogP contribution in [0.5, 0.6) is 0 Å². The minimum atomic E-state index is 0.943. The third-order valence-electron chi connectivity index (χ3n) is 2.32. The first-order valence-electron chi connectivity index (χ1n) is 4.72. The molecule has 0 aliphatic carbocycles. The Bertz CT molecular complexity index is 315. The van der Waals surface area contributed by atoms with Crippen molar-refractivity contribution in [1.82, 2.24) is 0 Å². The molecule has 1 aliphatic heterocycles. The quantitative estimate of drug-likeness (QED) is 0.663. The third kappa shape index (κ3) is 1.59. The van der Waals surface area contributed by atoms with Crippen molar-refractivity contribution in [3.05, 3.63) is 49.0 Å². The topological polar surface area (TPSA) is 3.24 Å². The van der Waals surface area contributed by atoms with E-state index in [-0.39, 0.29) is 0 Å². The Hall–Kier alpha value is -1.24. The number of anilines is 1. The lowest BCUT2D eigenvalue weighted by molar-refractivity contribution is 0.908. The fraction of sp³-hybridized carbons (Fsp3) is 0.250. The molecule has 1 radical (unpaired) electrons. The number of rotatable bonds is 2. The molecule has 0 saturated heterocycles. The van der Waals surface area contributed by atoms with Crippen LogP contribution in [0.15, 0.2) is 36.5 Å². The van der Waals surface area contributed by atoms with Gasteiger partial charge in [-0.25, -0.2) is 0 Å². The van der Waals surface area contributed by atoms with Gasteiger partial charge in [0, 0.05) is 18.4 Å². The second-order valence-electron chi connectivity index (χ2n) is 3.26. The molecule has 0 amide bonds. The van der Waals surface area contributed by atoms with Gasteiger partial charge in [0.15, 0.2) is 0 Å². The van der Waals surface area contributed by atoms with Crippen molar-refractivity contribution in [2.45, 2.75) is 12.8 Å². The summed E-state index contributed by atoms with van der Waals surface area (Å²) in [6, 6.07) is 8.55. The molecule has 0 bridgehead atoms. The molecule has 0 N–H and O–H groups in total. The lowest BCUT2D eigenvalue weighted by Gasteiger charge is -2.25. The molecule has 2 rings (SSSR count). The van der Waals surface area contributed by atoms with Crippen molar-refractivity contribution in [2.24, 2.45) is 0 Å². The SMILES string of the molecule is [CH2]CCN1C=CCc2ccccc21. The monoisotopic (exact) mass is 172 g/mol. The first-order chi connectivity index (χ1) is 6.42. The molecule has 0 atom stereocenters. The van der Waals surface area contributed by atoms with E-state index in [1.807, 2.05) is 0 Å². The fourth-order valence-electron chi connectivity index (χ4n) is 1.72. The van der Waals surface area contributed by atoms with Crippen LogP contribution in [0, 0.1) is 6.92 Å².